The van der Waals surface area contributed by atoms with E-state index in [4.69, 9.17) is 0 Å². The summed E-state index contributed by atoms with van der Waals surface area (Å²) in [6.07, 6.45) is 8.15. The standard InChI is InChI=1S/C14H25BrN2/c1-3-13-9-16-14(7-5-4-6-8-14)11-17(13)10-12(2)15/h13,16H,2-11H2,1H3. The maximum atomic E-state index is 4.01. The molecule has 1 aliphatic carbocycles. The number of nitrogens with zero attached hydrogens (tertiary/aromatic N) is 1. The zero-order chi connectivity index (χ0) is 12.3. The lowest BCUT2D eigenvalue weighted by molar-refractivity contribution is 0.0625. The van der Waals surface area contributed by atoms with E-state index in [1.807, 2.05) is 0 Å². The molecule has 0 radical (unpaired) electrons. The number of halogens is 1. The lowest BCUT2D eigenvalue weighted by Gasteiger charge is -2.49. The van der Waals surface area contributed by atoms with Crippen molar-refractivity contribution in [3.63, 3.8) is 0 Å². The fourth-order valence-electron chi connectivity index (χ4n) is 3.41. The SMILES string of the molecule is C=C(Br)CN1CC2(CCCCC2)NCC1CC. The van der Waals surface area contributed by atoms with Gasteiger partial charge in [-0.15, -0.1) is 0 Å². The van der Waals surface area contributed by atoms with Crippen LogP contribution in [0.4, 0.5) is 0 Å². The molecule has 1 N–H and O–H groups in total. The fraction of sp³-hybridized carbons (Fsp3) is 0.857. The van der Waals surface area contributed by atoms with Crippen molar-refractivity contribution in [2.75, 3.05) is 19.6 Å². The zero-order valence-corrected chi connectivity index (χ0v) is 12.6. The molecule has 2 rings (SSSR count). The highest BCUT2D eigenvalue weighted by molar-refractivity contribution is 9.11. The fourth-order valence-corrected chi connectivity index (χ4v) is 3.73. The second-order valence-corrected chi connectivity index (χ2v) is 6.83. The molecule has 1 unspecified atom stereocenters. The summed E-state index contributed by atoms with van der Waals surface area (Å²) in [6.45, 7) is 9.65. The van der Waals surface area contributed by atoms with Crippen molar-refractivity contribution >= 4 is 15.9 Å². The number of hydrogen-bond donors (Lipinski definition) is 1. The Kier molecular flexibility index (Phi) is 4.67. The minimum Gasteiger partial charge on any atom is -0.308 e. The highest BCUT2D eigenvalue weighted by Crippen LogP contribution is 2.32. The zero-order valence-electron chi connectivity index (χ0n) is 11.0. The number of nitrogens with one attached hydrogen (secondary N) is 1. The van der Waals surface area contributed by atoms with Crippen molar-refractivity contribution in [3.05, 3.63) is 11.1 Å². The molecule has 1 spiro atoms. The maximum Gasteiger partial charge on any atom is 0.0309 e. The van der Waals surface area contributed by atoms with Crippen LogP contribution in [0.25, 0.3) is 0 Å². The van der Waals surface area contributed by atoms with Gasteiger partial charge in [0.1, 0.15) is 0 Å². The summed E-state index contributed by atoms with van der Waals surface area (Å²) in [6, 6.07) is 0.678. The Bertz CT molecular complexity index is 271. The number of hydrogen-bond acceptors (Lipinski definition) is 2. The summed E-state index contributed by atoms with van der Waals surface area (Å²) >= 11 is 3.52. The van der Waals surface area contributed by atoms with Gasteiger partial charge in [0.2, 0.25) is 0 Å². The summed E-state index contributed by atoms with van der Waals surface area (Å²) in [5, 5.41) is 3.85. The summed E-state index contributed by atoms with van der Waals surface area (Å²) in [5.41, 5.74) is 0.409. The van der Waals surface area contributed by atoms with Crippen LogP contribution in [-0.2, 0) is 0 Å². The first-order valence-corrected chi connectivity index (χ1v) is 7.77. The smallest absolute Gasteiger partial charge is 0.0309 e. The van der Waals surface area contributed by atoms with E-state index < -0.39 is 0 Å². The molecule has 1 heterocycles. The van der Waals surface area contributed by atoms with E-state index in [1.165, 1.54) is 45.1 Å². The summed E-state index contributed by atoms with van der Waals surface area (Å²) in [5.74, 6) is 0. The molecule has 0 aromatic carbocycles. The quantitative estimate of drug-likeness (QED) is 0.860. The van der Waals surface area contributed by atoms with Crippen LogP contribution in [0.15, 0.2) is 11.1 Å². The Labute approximate surface area is 114 Å². The lowest BCUT2D eigenvalue weighted by Crippen LogP contribution is -2.64. The van der Waals surface area contributed by atoms with E-state index in [2.05, 4.69) is 39.6 Å². The Morgan fingerprint density at radius 3 is 2.71 bits per heavy atom. The highest BCUT2D eigenvalue weighted by atomic mass is 79.9. The van der Waals surface area contributed by atoms with Gasteiger partial charge in [0, 0.05) is 35.7 Å². The third-order valence-electron chi connectivity index (χ3n) is 4.39. The summed E-state index contributed by atoms with van der Waals surface area (Å²) < 4.78 is 1.11. The second-order valence-electron chi connectivity index (χ2n) is 5.71. The first kappa shape index (κ1) is 13.6. The van der Waals surface area contributed by atoms with E-state index >= 15 is 0 Å². The van der Waals surface area contributed by atoms with Gasteiger partial charge in [0.15, 0.2) is 0 Å². The maximum absolute atomic E-state index is 4.01. The van der Waals surface area contributed by atoms with Crippen LogP contribution in [0.2, 0.25) is 0 Å². The number of rotatable bonds is 3. The average molecular weight is 301 g/mol. The van der Waals surface area contributed by atoms with E-state index in [9.17, 15) is 0 Å². The molecule has 0 bridgehead atoms. The van der Waals surface area contributed by atoms with E-state index in [1.54, 1.807) is 0 Å². The molecule has 0 aromatic heterocycles. The molecule has 1 aliphatic heterocycles. The van der Waals surface area contributed by atoms with Gasteiger partial charge < -0.3 is 5.32 Å². The third kappa shape index (κ3) is 3.33. The first-order valence-electron chi connectivity index (χ1n) is 6.97. The molecule has 17 heavy (non-hydrogen) atoms. The van der Waals surface area contributed by atoms with Crippen LogP contribution in [-0.4, -0.2) is 36.1 Å². The van der Waals surface area contributed by atoms with Crippen LogP contribution in [0, 0.1) is 0 Å². The Balaban J connectivity index is 2.02. The first-order chi connectivity index (χ1) is 8.15. The average Bonchev–Trinajstić information content (AvgIpc) is 2.30. The van der Waals surface area contributed by atoms with Gasteiger partial charge in [0.05, 0.1) is 0 Å². The van der Waals surface area contributed by atoms with Crippen LogP contribution in [0.5, 0.6) is 0 Å². The Morgan fingerprint density at radius 1 is 1.41 bits per heavy atom. The summed E-state index contributed by atoms with van der Waals surface area (Å²) in [4.78, 5) is 2.62. The molecule has 98 valence electrons. The molecular weight excluding hydrogens is 276 g/mol. The normalized spacial score (nSPS) is 29.4. The van der Waals surface area contributed by atoms with Crippen molar-refractivity contribution in [1.29, 1.82) is 0 Å². The minimum absolute atomic E-state index is 0.409. The molecule has 0 aromatic rings. The van der Waals surface area contributed by atoms with Gasteiger partial charge in [-0.25, -0.2) is 0 Å². The van der Waals surface area contributed by atoms with Crippen molar-refractivity contribution in [3.8, 4) is 0 Å². The minimum atomic E-state index is 0.409. The Morgan fingerprint density at radius 2 is 2.12 bits per heavy atom. The largest absolute Gasteiger partial charge is 0.308 e. The predicted octanol–water partition coefficient (Wildman–Crippen LogP) is 3.28. The van der Waals surface area contributed by atoms with Gasteiger partial charge in [-0.2, -0.15) is 0 Å². The van der Waals surface area contributed by atoms with Gasteiger partial charge >= 0.3 is 0 Å². The van der Waals surface area contributed by atoms with E-state index in [0.29, 0.717) is 11.6 Å². The van der Waals surface area contributed by atoms with Crippen LogP contribution in [0.1, 0.15) is 45.4 Å². The van der Waals surface area contributed by atoms with E-state index in [0.717, 1.165) is 17.6 Å². The molecule has 1 saturated carbocycles. The molecule has 2 aliphatic rings. The molecule has 3 heteroatoms. The third-order valence-corrected chi connectivity index (χ3v) is 4.64. The van der Waals surface area contributed by atoms with Gasteiger partial charge in [-0.3, -0.25) is 4.90 Å². The van der Waals surface area contributed by atoms with Gasteiger partial charge in [-0.05, 0) is 19.3 Å². The van der Waals surface area contributed by atoms with E-state index in [-0.39, 0.29) is 0 Å². The molecule has 0 amide bonds. The molecule has 2 fully saturated rings. The second kappa shape index (κ2) is 5.85. The topological polar surface area (TPSA) is 15.3 Å². The van der Waals surface area contributed by atoms with Crippen molar-refractivity contribution in [1.82, 2.24) is 10.2 Å². The molecule has 1 atom stereocenters. The number of piperazine rings is 1. The van der Waals surface area contributed by atoms with Crippen molar-refractivity contribution in [2.45, 2.75) is 57.0 Å². The van der Waals surface area contributed by atoms with Crippen LogP contribution in [0.3, 0.4) is 0 Å². The van der Waals surface area contributed by atoms with Gasteiger partial charge in [0.25, 0.3) is 0 Å². The van der Waals surface area contributed by atoms with Crippen molar-refractivity contribution < 1.29 is 0 Å². The van der Waals surface area contributed by atoms with Crippen LogP contribution < -0.4 is 5.32 Å². The monoisotopic (exact) mass is 300 g/mol. The van der Waals surface area contributed by atoms with Crippen LogP contribution >= 0.6 is 15.9 Å². The van der Waals surface area contributed by atoms with Gasteiger partial charge in [-0.1, -0.05) is 48.7 Å². The molecule has 2 nitrogen and oxygen atoms in total. The van der Waals surface area contributed by atoms with Crippen molar-refractivity contribution in [2.24, 2.45) is 0 Å². The predicted molar refractivity (Wildman–Crippen MR) is 77.5 cm³/mol. The highest BCUT2D eigenvalue weighted by Gasteiger charge is 2.39. The summed E-state index contributed by atoms with van der Waals surface area (Å²) in [7, 11) is 0. The molecule has 1 saturated heterocycles. The molecular formula is C14H25BrN2. The lowest BCUT2D eigenvalue weighted by atomic mass is 9.79. The Hall–Kier alpha value is 0.140.